The Morgan fingerprint density at radius 1 is 1.09 bits per heavy atom. The summed E-state index contributed by atoms with van der Waals surface area (Å²) in [6, 6.07) is 4.71. The predicted molar refractivity (Wildman–Crippen MR) is 125 cm³/mol. The Balaban J connectivity index is 2.18. The fraction of sp³-hybridized carbons (Fsp3) is 0.500. The van der Waals surface area contributed by atoms with Crippen LogP contribution in [-0.2, 0) is 30.4 Å². The second-order valence-corrected chi connectivity index (χ2v) is 8.43. The van der Waals surface area contributed by atoms with Crippen LogP contribution < -0.4 is 16.4 Å². The van der Waals surface area contributed by atoms with Crippen LogP contribution >= 0.6 is 12.6 Å². The standard InChI is InChI=1S/C22H30N4O7S/c23-14(8-9-18(27)28)19(29)24-15(11-13-5-2-1-3-6-13)21(31)26-10-4-7-17(26)20(30)25-16(12-34)22(32)33/h1-3,5-6,14-17,34H,4,7-12,23H2,(H,24,29)(H,25,30)(H,27,28)(H,32,33). The average molecular weight is 495 g/mol. The number of likely N-dealkylation sites (tertiary alicyclic amines) is 1. The van der Waals surface area contributed by atoms with E-state index in [1.807, 2.05) is 6.07 Å². The second kappa shape index (κ2) is 12.9. The largest absolute Gasteiger partial charge is 0.481 e. The molecule has 1 aromatic rings. The van der Waals surface area contributed by atoms with Crippen molar-refractivity contribution < 1.29 is 34.2 Å². The number of thiol groups is 1. The van der Waals surface area contributed by atoms with Gasteiger partial charge in [-0.15, -0.1) is 0 Å². The second-order valence-electron chi connectivity index (χ2n) is 8.06. The maximum Gasteiger partial charge on any atom is 0.327 e. The van der Waals surface area contributed by atoms with Crippen molar-refractivity contribution in [2.75, 3.05) is 12.3 Å². The molecule has 0 spiro atoms. The first-order valence-electron chi connectivity index (χ1n) is 10.9. The summed E-state index contributed by atoms with van der Waals surface area (Å²) in [5, 5.41) is 23.0. The predicted octanol–water partition coefficient (Wildman–Crippen LogP) is -0.604. The molecule has 1 aromatic carbocycles. The highest BCUT2D eigenvalue weighted by Gasteiger charge is 2.39. The summed E-state index contributed by atoms with van der Waals surface area (Å²) in [6.07, 6.45) is 0.627. The minimum atomic E-state index is -1.23. The fourth-order valence-electron chi connectivity index (χ4n) is 3.70. The van der Waals surface area contributed by atoms with Crippen molar-refractivity contribution >= 4 is 42.3 Å². The van der Waals surface area contributed by atoms with Gasteiger partial charge in [0.05, 0.1) is 6.04 Å². The number of nitrogens with zero attached hydrogens (tertiary/aromatic N) is 1. The van der Waals surface area contributed by atoms with Crippen LogP contribution in [0, 0.1) is 0 Å². The third-order valence-corrected chi connectivity index (χ3v) is 5.90. The summed E-state index contributed by atoms with van der Waals surface area (Å²) in [7, 11) is 0. The number of rotatable bonds is 12. The van der Waals surface area contributed by atoms with Crippen molar-refractivity contribution in [3.05, 3.63) is 35.9 Å². The van der Waals surface area contributed by atoms with Gasteiger partial charge in [0, 0.05) is 25.1 Å². The molecule has 0 radical (unpaired) electrons. The minimum Gasteiger partial charge on any atom is -0.481 e. The lowest BCUT2D eigenvalue weighted by Crippen LogP contribution is -2.57. The maximum absolute atomic E-state index is 13.4. The number of amides is 3. The number of nitrogens with two attached hydrogens (primary N) is 1. The minimum absolute atomic E-state index is 0.0948. The van der Waals surface area contributed by atoms with Gasteiger partial charge in [0.15, 0.2) is 0 Å². The lowest BCUT2D eigenvalue weighted by atomic mass is 10.0. The summed E-state index contributed by atoms with van der Waals surface area (Å²) in [5.74, 6) is -4.20. The Morgan fingerprint density at radius 3 is 2.35 bits per heavy atom. The van der Waals surface area contributed by atoms with Crippen molar-refractivity contribution in [1.82, 2.24) is 15.5 Å². The third kappa shape index (κ3) is 7.73. The van der Waals surface area contributed by atoms with Gasteiger partial charge in [-0.3, -0.25) is 19.2 Å². The molecule has 1 aliphatic rings. The van der Waals surface area contributed by atoms with Gasteiger partial charge in [0.1, 0.15) is 18.1 Å². The number of carboxylic acids is 2. The Labute approximate surface area is 202 Å². The van der Waals surface area contributed by atoms with Crippen LogP contribution in [0.3, 0.4) is 0 Å². The fourth-order valence-corrected chi connectivity index (χ4v) is 3.94. The molecule has 0 aliphatic carbocycles. The zero-order valence-corrected chi connectivity index (χ0v) is 19.4. The summed E-state index contributed by atoms with van der Waals surface area (Å²) >= 11 is 3.94. The van der Waals surface area contributed by atoms with E-state index >= 15 is 0 Å². The average Bonchev–Trinajstić information content (AvgIpc) is 3.30. The number of nitrogens with one attached hydrogen (secondary N) is 2. The lowest BCUT2D eigenvalue weighted by molar-refractivity contribution is -0.144. The van der Waals surface area contributed by atoms with Crippen molar-refractivity contribution in [2.45, 2.75) is 56.3 Å². The van der Waals surface area contributed by atoms with Gasteiger partial charge >= 0.3 is 11.9 Å². The SMILES string of the molecule is NC(CCC(=O)O)C(=O)NC(Cc1ccccc1)C(=O)N1CCCC1C(=O)NC(CS)C(=O)O. The summed E-state index contributed by atoms with van der Waals surface area (Å²) in [6.45, 7) is 0.266. The molecule has 0 aromatic heterocycles. The van der Waals surface area contributed by atoms with Gasteiger partial charge in [-0.1, -0.05) is 30.3 Å². The first kappa shape index (κ1) is 27.1. The molecule has 0 saturated carbocycles. The molecule has 2 rings (SSSR count). The number of hydrogen-bond acceptors (Lipinski definition) is 7. The van der Waals surface area contributed by atoms with E-state index in [4.69, 9.17) is 10.8 Å². The number of carbonyl (C=O) groups is 5. The highest BCUT2D eigenvalue weighted by molar-refractivity contribution is 7.80. The van der Waals surface area contributed by atoms with Crippen molar-refractivity contribution in [2.24, 2.45) is 5.73 Å². The van der Waals surface area contributed by atoms with Crippen LogP contribution in [0.2, 0.25) is 0 Å². The van der Waals surface area contributed by atoms with Crippen molar-refractivity contribution in [3.8, 4) is 0 Å². The molecule has 4 atom stereocenters. The Bertz CT molecular complexity index is 898. The van der Waals surface area contributed by atoms with Crippen LogP contribution in [0.25, 0.3) is 0 Å². The molecule has 1 fully saturated rings. The summed E-state index contributed by atoms with van der Waals surface area (Å²) in [5.41, 5.74) is 6.57. The van der Waals surface area contributed by atoms with Crippen LogP contribution in [-0.4, -0.2) is 81.2 Å². The monoisotopic (exact) mass is 494 g/mol. The highest BCUT2D eigenvalue weighted by Crippen LogP contribution is 2.20. The zero-order valence-electron chi connectivity index (χ0n) is 18.6. The number of aliphatic carboxylic acids is 2. The molecule has 1 heterocycles. The molecular weight excluding hydrogens is 464 g/mol. The van der Waals surface area contributed by atoms with E-state index < -0.39 is 53.8 Å². The van der Waals surface area contributed by atoms with Crippen LogP contribution in [0.1, 0.15) is 31.2 Å². The van der Waals surface area contributed by atoms with Crippen LogP contribution in [0.5, 0.6) is 0 Å². The maximum atomic E-state index is 13.4. The molecule has 186 valence electrons. The molecular formula is C22H30N4O7S. The molecule has 6 N–H and O–H groups in total. The first-order chi connectivity index (χ1) is 16.1. The molecule has 11 nitrogen and oxygen atoms in total. The first-order valence-corrected chi connectivity index (χ1v) is 11.5. The van der Waals surface area contributed by atoms with E-state index in [0.29, 0.717) is 12.8 Å². The normalized spacial score (nSPS) is 17.9. The molecule has 3 amide bonds. The van der Waals surface area contributed by atoms with Gasteiger partial charge in [-0.05, 0) is 24.8 Å². The molecule has 1 aliphatic heterocycles. The van der Waals surface area contributed by atoms with Gasteiger partial charge < -0.3 is 31.5 Å². The molecule has 4 unspecified atom stereocenters. The van der Waals surface area contributed by atoms with Crippen molar-refractivity contribution in [3.63, 3.8) is 0 Å². The number of carboxylic acid groups (broad SMARTS) is 2. The third-order valence-electron chi connectivity index (χ3n) is 5.54. The summed E-state index contributed by atoms with van der Waals surface area (Å²) < 4.78 is 0. The molecule has 34 heavy (non-hydrogen) atoms. The van der Waals surface area contributed by atoms with E-state index in [0.717, 1.165) is 5.56 Å². The number of carbonyl (C=O) groups excluding carboxylic acids is 3. The van der Waals surface area contributed by atoms with Gasteiger partial charge in [0.25, 0.3) is 0 Å². The highest BCUT2D eigenvalue weighted by atomic mass is 32.1. The Kier molecular flexibility index (Phi) is 10.3. The molecule has 1 saturated heterocycles. The van der Waals surface area contributed by atoms with E-state index in [9.17, 15) is 29.1 Å². The smallest absolute Gasteiger partial charge is 0.327 e. The molecule has 0 bridgehead atoms. The zero-order chi connectivity index (χ0) is 25.3. The van der Waals surface area contributed by atoms with Crippen molar-refractivity contribution in [1.29, 1.82) is 0 Å². The Hall–Kier alpha value is -3.12. The van der Waals surface area contributed by atoms with Crippen LogP contribution in [0.4, 0.5) is 0 Å². The Morgan fingerprint density at radius 2 is 1.76 bits per heavy atom. The van der Waals surface area contributed by atoms with Gasteiger partial charge in [-0.2, -0.15) is 12.6 Å². The van der Waals surface area contributed by atoms with Gasteiger partial charge in [0.2, 0.25) is 17.7 Å². The topological polar surface area (TPSA) is 179 Å². The van der Waals surface area contributed by atoms with E-state index in [1.54, 1.807) is 24.3 Å². The van der Waals surface area contributed by atoms with Gasteiger partial charge in [-0.25, -0.2) is 4.79 Å². The quantitative estimate of drug-likeness (QED) is 0.208. The number of benzene rings is 1. The number of hydrogen-bond donors (Lipinski definition) is 6. The van der Waals surface area contributed by atoms with E-state index in [-0.39, 0.29) is 31.6 Å². The van der Waals surface area contributed by atoms with E-state index in [1.165, 1.54) is 4.90 Å². The lowest BCUT2D eigenvalue weighted by Gasteiger charge is -2.30. The van der Waals surface area contributed by atoms with E-state index in [2.05, 4.69) is 23.3 Å². The summed E-state index contributed by atoms with van der Waals surface area (Å²) in [4.78, 5) is 62.1. The molecule has 12 heteroatoms. The van der Waals surface area contributed by atoms with Crippen LogP contribution in [0.15, 0.2) is 30.3 Å².